The number of carbonyl (C=O) groups is 1. The molecule has 0 amide bonds. The van der Waals surface area contributed by atoms with Crippen molar-refractivity contribution in [3.63, 3.8) is 0 Å². The van der Waals surface area contributed by atoms with Crippen LogP contribution in [-0.4, -0.2) is 12.6 Å². The molecule has 0 aliphatic heterocycles. The summed E-state index contributed by atoms with van der Waals surface area (Å²) >= 11 is 18.1. The van der Waals surface area contributed by atoms with Crippen LogP contribution in [0, 0.1) is 0 Å². The molecule has 2 rings (SSSR count). The highest BCUT2D eigenvalue weighted by Crippen LogP contribution is 2.35. The topological polar surface area (TPSA) is 35.5 Å². The van der Waals surface area contributed by atoms with Gasteiger partial charge in [-0.05, 0) is 36.8 Å². The fraction of sp³-hybridized carbons (Fsp3) is 0.188. The summed E-state index contributed by atoms with van der Waals surface area (Å²) in [6.07, 6.45) is 0. The van der Waals surface area contributed by atoms with Crippen LogP contribution in [0.25, 0.3) is 0 Å². The lowest BCUT2D eigenvalue weighted by Gasteiger charge is -2.11. The van der Waals surface area contributed by atoms with Gasteiger partial charge in [-0.1, -0.05) is 46.9 Å². The van der Waals surface area contributed by atoms with E-state index in [1.165, 1.54) is 12.1 Å². The Labute approximate surface area is 143 Å². The van der Waals surface area contributed by atoms with E-state index in [1.54, 1.807) is 19.1 Å². The number of carbonyl (C=O) groups excluding carboxylic acids is 1. The Morgan fingerprint density at radius 2 is 1.64 bits per heavy atom. The van der Waals surface area contributed by atoms with Crippen molar-refractivity contribution in [3.05, 3.63) is 62.6 Å². The zero-order chi connectivity index (χ0) is 16.1. The Kier molecular flexibility index (Phi) is 5.95. The van der Waals surface area contributed by atoms with Gasteiger partial charge >= 0.3 is 5.97 Å². The van der Waals surface area contributed by atoms with Crippen molar-refractivity contribution in [3.8, 4) is 5.75 Å². The first-order valence-corrected chi connectivity index (χ1v) is 7.68. The molecule has 0 spiro atoms. The van der Waals surface area contributed by atoms with Gasteiger partial charge in [0.25, 0.3) is 0 Å². The summed E-state index contributed by atoms with van der Waals surface area (Å²) in [5.74, 6) is -0.151. The molecule has 0 aliphatic carbocycles. The Balaban J connectivity index is 2.14. The number of rotatable bonds is 5. The van der Waals surface area contributed by atoms with Crippen molar-refractivity contribution in [2.24, 2.45) is 0 Å². The second-order valence-corrected chi connectivity index (χ2v) is 5.66. The van der Waals surface area contributed by atoms with Gasteiger partial charge in [-0.2, -0.15) is 0 Å². The van der Waals surface area contributed by atoms with Crippen LogP contribution < -0.4 is 4.74 Å². The summed E-state index contributed by atoms with van der Waals surface area (Å²) in [5.41, 5.74) is 1.21. The van der Waals surface area contributed by atoms with E-state index in [0.29, 0.717) is 10.8 Å². The molecule has 0 bridgehead atoms. The Hall–Kier alpha value is -1.42. The third kappa shape index (κ3) is 4.29. The fourth-order valence-electron chi connectivity index (χ4n) is 1.77. The number of hydrogen-bond acceptors (Lipinski definition) is 3. The van der Waals surface area contributed by atoms with Crippen LogP contribution in [0.2, 0.25) is 15.1 Å². The maximum atomic E-state index is 11.7. The van der Waals surface area contributed by atoms with Crippen molar-refractivity contribution in [1.82, 2.24) is 0 Å². The summed E-state index contributed by atoms with van der Waals surface area (Å²) in [4.78, 5) is 11.7. The predicted molar refractivity (Wildman–Crippen MR) is 88.2 cm³/mol. The molecule has 0 unspecified atom stereocenters. The van der Waals surface area contributed by atoms with Crippen molar-refractivity contribution in [2.45, 2.75) is 13.5 Å². The maximum absolute atomic E-state index is 11.7. The van der Waals surface area contributed by atoms with Crippen LogP contribution in [-0.2, 0) is 11.3 Å². The first-order chi connectivity index (χ1) is 10.5. The zero-order valence-corrected chi connectivity index (χ0v) is 14.0. The lowest BCUT2D eigenvalue weighted by atomic mass is 10.2. The quantitative estimate of drug-likeness (QED) is 0.670. The highest BCUT2D eigenvalue weighted by molar-refractivity contribution is 6.37. The molecule has 0 heterocycles. The molecule has 0 fully saturated rings. The normalized spacial score (nSPS) is 10.4. The summed E-state index contributed by atoms with van der Waals surface area (Å²) in [6.45, 7) is 2.29. The standard InChI is InChI=1S/C16H13Cl3O3/c1-2-21-16(20)11-7-13(18)15(14(19)8-11)22-9-10-3-5-12(17)6-4-10/h3-8H,2,9H2,1H3. The summed E-state index contributed by atoms with van der Waals surface area (Å²) in [6, 6.07) is 10.2. The molecular weight excluding hydrogens is 347 g/mol. The summed E-state index contributed by atoms with van der Waals surface area (Å²) in [7, 11) is 0. The van der Waals surface area contributed by atoms with Gasteiger partial charge in [-0.25, -0.2) is 4.79 Å². The summed E-state index contributed by atoms with van der Waals surface area (Å²) in [5, 5.41) is 1.16. The number of benzene rings is 2. The first kappa shape index (κ1) is 16.9. The van der Waals surface area contributed by atoms with E-state index < -0.39 is 5.97 Å². The molecule has 6 heteroatoms. The van der Waals surface area contributed by atoms with Crippen LogP contribution in [0.5, 0.6) is 5.75 Å². The fourth-order valence-corrected chi connectivity index (χ4v) is 2.49. The molecule has 3 nitrogen and oxygen atoms in total. The molecule has 22 heavy (non-hydrogen) atoms. The lowest BCUT2D eigenvalue weighted by Crippen LogP contribution is -2.05. The number of hydrogen-bond donors (Lipinski definition) is 0. The monoisotopic (exact) mass is 358 g/mol. The van der Waals surface area contributed by atoms with Gasteiger partial charge in [0.2, 0.25) is 0 Å². The number of halogens is 3. The van der Waals surface area contributed by atoms with Gasteiger partial charge in [-0.3, -0.25) is 0 Å². The zero-order valence-electron chi connectivity index (χ0n) is 11.7. The molecule has 0 aliphatic rings. The number of ether oxygens (including phenoxy) is 2. The second-order valence-electron chi connectivity index (χ2n) is 4.40. The van der Waals surface area contributed by atoms with E-state index in [-0.39, 0.29) is 28.8 Å². The smallest absolute Gasteiger partial charge is 0.338 e. The minimum Gasteiger partial charge on any atom is -0.486 e. The molecule has 0 atom stereocenters. The Morgan fingerprint density at radius 1 is 1.05 bits per heavy atom. The van der Waals surface area contributed by atoms with E-state index in [4.69, 9.17) is 44.3 Å². The second kappa shape index (κ2) is 7.73. The van der Waals surface area contributed by atoms with E-state index in [0.717, 1.165) is 5.56 Å². The van der Waals surface area contributed by atoms with Gasteiger partial charge < -0.3 is 9.47 Å². The first-order valence-electron chi connectivity index (χ1n) is 6.54. The minimum absolute atomic E-state index is 0.254. The van der Waals surface area contributed by atoms with E-state index in [2.05, 4.69) is 0 Å². The van der Waals surface area contributed by atoms with Crippen LogP contribution in [0.15, 0.2) is 36.4 Å². The Morgan fingerprint density at radius 3 is 2.18 bits per heavy atom. The van der Waals surface area contributed by atoms with Crippen LogP contribution in [0.4, 0.5) is 0 Å². The van der Waals surface area contributed by atoms with Crippen molar-refractivity contribution in [1.29, 1.82) is 0 Å². The van der Waals surface area contributed by atoms with Crippen molar-refractivity contribution in [2.75, 3.05) is 6.61 Å². The molecule has 0 aromatic heterocycles. The van der Waals surface area contributed by atoms with E-state index in [9.17, 15) is 4.79 Å². The highest BCUT2D eigenvalue weighted by atomic mass is 35.5. The van der Waals surface area contributed by atoms with E-state index >= 15 is 0 Å². The molecular formula is C16H13Cl3O3. The van der Waals surface area contributed by atoms with Crippen LogP contribution in [0.1, 0.15) is 22.8 Å². The molecule has 0 N–H and O–H groups in total. The lowest BCUT2D eigenvalue weighted by molar-refractivity contribution is 0.0526. The van der Waals surface area contributed by atoms with Gasteiger partial charge in [-0.15, -0.1) is 0 Å². The Bertz CT molecular complexity index is 646. The molecule has 2 aromatic rings. The molecule has 0 saturated heterocycles. The molecule has 0 saturated carbocycles. The highest BCUT2D eigenvalue weighted by Gasteiger charge is 2.15. The van der Waals surface area contributed by atoms with Crippen molar-refractivity contribution < 1.29 is 14.3 Å². The average Bonchev–Trinajstić information content (AvgIpc) is 2.48. The van der Waals surface area contributed by atoms with Crippen molar-refractivity contribution >= 4 is 40.8 Å². The van der Waals surface area contributed by atoms with E-state index in [1.807, 2.05) is 12.1 Å². The minimum atomic E-state index is -0.476. The molecule has 116 valence electrons. The number of esters is 1. The van der Waals surface area contributed by atoms with Gasteiger partial charge in [0.15, 0.2) is 5.75 Å². The SMILES string of the molecule is CCOC(=O)c1cc(Cl)c(OCc2ccc(Cl)cc2)c(Cl)c1. The van der Waals surface area contributed by atoms with Gasteiger partial charge in [0.05, 0.1) is 22.2 Å². The molecule has 2 aromatic carbocycles. The maximum Gasteiger partial charge on any atom is 0.338 e. The van der Waals surface area contributed by atoms with Gasteiger partial charge in [0.1, 0.15) is 6.61 Å². The predicted octanol–water partition coefficient (Wildman–Crippen LogP) is 5.40. The van der Waals surface area contributed by atoms with Crippen LogP contribution in [0.3, 0.4) is 0 Å². The van der Waals surface area contributed by atoms with Gasteiger partial charge in [0, 0.05) is 5.02 Å². The third-order valence-corrected chi connectivity index (χ3v) is 3.62. The van der Waals surface area contributed by atoms with Crippen LogP contribution >= 0.6 is 34.8 Å². The third-order valence-electron chi connectivity index (χ3n) is 2.81. The average molecular weight is 360 g/mol. The molecule has 0 radical (unpaired) electrons. The largest absolute Gasteiger partial charge is 0.486 e. The summed E-state index contributed by atoms with van der Waals surface area (Å²) < 4.78 is 10.5.